The van der Waals surface area contributed by atoms with Gasteiger partial charge in [-0.05, 0) is 49.8 Å². The largest absolute Gasteiger partial charge is 0.382 e. The van der Waals surface area contributed by atoms with Gasteiger partial charge in [-0.25, -0.2) is 4.98 Å². The molecule has 0 radical (unpaired) electrons. The number of primary amides is 1. The molecule has 1 saturated heterocycles. The molecule has 5 heteroatoms. The van der Waals surface area contributed by atoms with Gasteiger partial charge in [-0.1, -0.05) is 6.92 Å². The molecule has 5 nitrogen and oxygen atoms in total. The summed E-state index contributed by atoms with van der Waals surface area (Å²) in [7, 11) is 0. The fourth-order valence-corrected chi connectivity index (χ4v) is 4.01. The van der Waals surface area contributed by atoms with Crippen LogP contribution in [0.15, 0.2) is 6.07 Å². The second kappa shape index (κ2) is 4.95. The first-order chi connectivity index (χ1) is 10.6. The fraction of sp³-hybridized carbons (Fsp3) is 0.647. The van der Waals surface area contributed by atoms with E-state index in [9.17, 15) is 4.79 Å². The summed E-state index contributed by atoms with van der Waals surface area (Å²) < 4.78 is 0. The first kappa shape index (κ1) is 14.0. The van der Waals surface area contributed by atoms with Crippen molar-refractivity contribution in [2.24, 2.45) is 11.7 Å². The average molecular weight is 300 g/mol. The SMILES string of the molecule is C[C@H]1CCCN(Cc2cc(C(N)=O)nc3c2NCC32CC2)C1. The van der Waals surface area contributed by atoms with Crippen molar-refractivity contribution >= 4 is 11.6 Å². The smallest absolute Gasteiger partial charge is 0.267 e. The molecule has 1 spiro atoms. The topological polar surface area (TPSA) is 71.2 Å². The molecule has 2 fully saturated rings. The van der Waals surface area contributed by atoms with E-state index in [1.807, 2.05) is 6.07 Å². The molecular weight excluding hydrogens is 276 g/mol. The van der Waals surface area contributed by atoms with Crippen LogP contribution < -0.4 is 11.1 Å². The third-order valence-corrected chi connectivity index (χ3v) is 5.45. The minimum Gasteiger partial charge on any atom is -0.382 e. The third-order valence-electron chi connectivity index (χ3n) is 5.45. The van der Waals surface area contributed by atoms with Crippen LogP contribution in [0.25, 0.3) is 0 Å². The van der Waals surface area contributed by atoms with Crippen molar-refractivity contribution in [2.75, 3.05) is 25.0 Å². The van der Waals surface area contributed by atoms with Gasteiger partial charge in [0.15, 0.2) is 0 Å². The van der Waals surface area contributed by atoms with Crippen molar-refractivity contribution in [3.8, 4) is 0 Å². The predicted octanol–water partition coefficient (Wildman–Crippen LogP) is 1.87. The lowest BCUT2D eigenvalue weighted by Gasteiger charge is -2.31. The zero-order valence-corrected chi connectivity index (χ0v) is 13.2. The molecule has 1 aliphatic carbocycles. The molecule has 1 saturated carbocycles. The molecule has 2 aliphatic heterocycles. The summed E-state index contributed by atoms with van der Waals surface area (Å²) in [5, 5.41) is 3.55. The van der Waals surface area contributed by atoms with Crippen LogP contribution >= 0.6 is 0 Å². The number of hydrogen-bond acceptors (Lipinski definition) is 4. The molecule has 1 aromatic heterocycles. The van der Waals surface area contributed by atoms with E-state index >= 15 is 0 Å². The van der Waals surface area contributed by atoms with Crippen molar-refractivity contribution in [2.45, 2.75) is 44.6 Å². The Balaban J connectivity index is 1.68. The standard InChI is InChI=1S/C17H24N4O/c1-11-3-2-6-21(8-11)9-12-7-13(16(18)22)20-15-14(12)19-10-17(15)4-5-17/h7,11,19H,2-6,8-10H2,1H3,(H2,18,22)/t11-/m0/s1. The van der Waals surface area contributed by atoms with Gasteiger partial charge in [-0.3, -0.25) is 9.69 Å². The van der Waals surface area contributed by atoms with E-state index in [0.29, 0.717) is 5.69 Å². The van der Waals surface area contributed by atoms with Crippen LogP contribution in [0.4, 0.5) is 5.69 Å². The molecule has 118 valence electrons. The highest BCUT2D eigenvalue weighted by atomic mass is 16.1. The van der Waals surface area contributed by atoms with Gasteiger partial charge >= 0.3 is 0 Å². The lowest BCUT2D eigenvalue weighted by atomic mass is 9.98. The van der Waals surface area contributed by atoms with E-state index in [-0.39, 0.29) is 5.41 Å². The highest BCUT2D eigenvalue weighted by molar-refractivity contribution is 5.92. The summed E-state index contributed by atoms with van der Waals surface area (Å²) in [5.74, 6) is 0.334. The van der Waals surface area contributed by atoms with E-state index in [1.54, 1.807) is 0 Å². The third kappa shape index (κ3) is 2.28. The molecule has 3 aliphatic rings. The number of fused-ring (bicyclic) bond motifs is 2. The Morgan fingerprint density at radius 1 is 1.55 bits per heavy atom. The zero-order valence-electron chi connectivity index (χ0n) is 13.2. The number of nitrogens with zero attached hydrogens (tertiary/aromatic N) is 2. The van der Waals surface area contributed by atoms with Gasteiger partial charge in [-0.15, -0.1) is 0 Å². The molecule has 0 bridgehead atoms. The number of hydrogen-bond donors (Lipinski definition) is 2. The van der Waals surface area contributed by atoms with Gasteiger partial charge in [0.2, 0.25) is 0 Å². The molecule has 3 heterocycles. The van der Waals surface area contributed by atoms with Crippen molar-refractivity contribution in [3.63, 3.8) is 0 Å². The van der Waals surface area contributed by atoms with Gasteiger partial charge in [0.25, 0.3) is 5.91 Å². The summed E-state index contributed by atoms with van der Waals surface area (Å²) in [6, 6.07) is 1.90. The highest BCUT2D eigenvalue weighted by Crippen LogP contribution is 2.54. The summed E-state index contributed by atoms with van der Waals surface area (Å²) >= 11 is 0. The van der Waals surface area contributed by atoms with Crippen LogP contribution in [0.3, 0.4) is 0 Å². The van der Waals surface area contributed by atoms with Gasteiger partial charge in [0.05, 0.1) is 11.4 Å². The molecule has 0 aromatic carbocycles. The van der Waals surface area contributed by atoms with Crippen molar-refractivity contribution in [1.82, 2.24) is 9.88 Å². The Kier molecular flexibility index (Phi) is 3.15. The van der Waals surface area contributed by atoms with Crippen LogP contribution in [0.5, 0.6) is 0 Å². The highest BCUT2D eigenvalue weighted by Gasteiger charge is 2.51. The molecule has 1 atom stereocenters. The number of pyridine rings is 1. The number of piperidine rings is 1. The molecule has 3 N–H and O–H groups in total. The lowest BCUT2D eigenvalue weighted by molar-refractivity contribution is 0.0995. The minimum atomic E-state index is -0.418. The van der Waals surface area contributed by atoms with E-state index in [2.05, 4.69) is 22.1 Å². The summed E-state index contributed by atoms with van der Waals surface area (Å²) in [6.07, 6.45) is 4.91. The van der Waals surface area contributed by atoms with Crippen molar-refractivity contribution in [3.05, 3.63) is 23.0 Å². The van der Waals surface area contributed by atoms with Crippen LogP contribution in [0.2, 0.25) is 0 Å². The lowest BCUT2D eigenvalue weighted by Crippen LogP contribution is -2.34. The van der Waals surface area contributed by atoms with E-state index in [0.717, 1.165) is 37.8 Å². The number of likely N-dealkylation sites (tertiary alicyclic amines) is 1. The maximum absolute atomic E-state index is 11.7. The zero-order chi connectivity index (χ0) is 15.3. The molecule has 0 unspecified atom stereocenters. The van der Waals surface area contributed by atoms with Crippen LogP contribution in [0.1, 0.15) is 54.4 Å². The normalized spacial score (nSPS) is 25.8. The number of carbonyl (C=O) groups is 1. The van der Waals surface area contributed by atoms with Crippen LogP contribution in [-0.2, 0) is 12.0 Å². The van der Waals surface area contributed by atoms with E-state index in [1.165, 1.54) is 36.9 Å². The van der Waals surface area contributed by atoms with Crippen molar-refractivity contribution < 1.29 is 4.79 Å². The number of rotatable bonds is 3. The molecule has 4 rings (SSSR count). The second-order valence-corrected chi connectivity index (χ2v) is 7.37. The molecule has 1 amide bonds. The van der Waals surface area contributed by atoms with Gasteiger partial charge in [0, 0.05) is 25.0 Å². The Morgan fingerprint density at radius 3 is 3.05 bits per heavy atom. The number of amides is 1. The molecule has 1 aromatic rings. The van der Waals surface area contributed by atoms with Crippen LogP contribution in [-0.4, -0.2) is 35.4 Å². The quantitative estimate of drug-likeness (QED) is 0.894. The van der Waals surface area contributed by atoms with Gasteiger partial charge in [-0.2, -0.15) is 0 Å². The summed E-state index contributed by atoms with van der Waals surface area (Å²) in [4.78, 5) is 18.7. The monoisotopic (exact) mass is 300 g/mol. The van der Waals surface area contributed by atoms with Crippen LogP contribution in [0, 0.1) is 5.92 Å². The van der Waals surface area contributed by atoms with E-state index in [4.69, 9.17) is 5.73 Å². The number of nitrogens with one attached hydrogen (secondary N) is 1. The number of aromatic nitrogens is 1. The minimum absolute atomic E-state index is 0.185. The Morgan fingerprint density at radius 2 is 2.36 bits per heavy atom. The summed E-state index contributed by atoms with van der Waals surface area (Å²) in [6.45, 7) is 6.43. The van der Waals surface area contributed by atoms with Gasteiger partial charge < -0.3 is 11.1 Å². The number of carbonyl (C=O) groups excluding carboxylic acids is 1. The van der Waals surface area contributed by atoms with E-state index < -0.39 is 5.91 Å². The maximum Gasteiger partial charge on any atom is 0.267 e. The van der Waals surface area contributed by atoms with Crippen molar-refractivity contribution in [1.29, 1.82) is 0 Å². The second-order valence-electron chi connectivity index (χ2n) is 7.37. The predicted molar refractivity (Wildman–Crippen MR) is 85.8 cm³/mol. The Hall–Kier alpha value is -1.62. The maximum atomic E-state index is 11.7. The fourth-order valence-electron chi connectivity index (χ4n) is 4.01. The van der Waals surface area contributed by atoms with Gasteiger partial charge in [0.1, 0.15) is 5.69 Å². The number of nitrogens with two attached hydrogens (primary N) is 1. The first-order valence-electron chi connectivity index (χ1n) is 8.38. The Bertz CT molecular complexity index is 623. The molecular formula is C17H24N4O. The molecule has 22 heavy (non-hydrogen) atoms. The summed E-state index contributed by atoms with van der Waals surface area (Å²) in [5.41, 5.74) is 9.56. The first-order valence-corrected chi connectivity index (χ1v) is 8.38. The Labute approximate surface area is 131 Å². The average Bonchev–Trinajstić information content (AvgIpc) is 3.16. The number of anilines is 1.